The first-order valence-corrected chi connectivity index (χ1v) is 7.41. The molecule has 2 rings (SSSR count). The van der Waals surface area contributed by atoms with Gasteiger partial charge in [0.05, 0.1) is 17.3 Å². The van der Waals surface area contributed by atoms with E-state index in [0.717, 1.165) is 33.5 Å². The average molecular weight is 297 g/mol. The molecule has 5 heteroatoms. The van der Waals surface area contributed by atoms with Crippen LogP contribution in [0.3, 0.4) is 0 Å². The van der Waals surface area contributed by atoms with Crippen LogP contribution in [0.1, 0.15) is 29.2 Å². The Kier molecular flexibility index (Phi) is 4.80. The quantitative estimate of drug-likeness (QED) is 0.914. The van der Waals surface area contributed by atoms with E-state index in [-0.39, 0.29) is 6.04 Å². The highest BCUT2D eigenvalue weighted by atomic mass is 35.5. The van der Waals surface area contributed by atoms with Crippen LogP contribution in [0.15, 0.2) is 23.6 Å². The molecule has 0 radical (unpaired) electrons. The van der Waals surface area contributed by atoms with E-state index in [4.69, 9.17) is 22.1 Å². The Hall–Kier alpha value is -1.10. The van der Waals surface area contributed by atoms with Gasteiger partial charge in [0.1, 0.15) is 5.75 Å². The molecule has 0 fully saturated rings. The lowest BCUT2D eigenvalue weighted by atomic mass is 10.2. The number of thiazole rings is 1. The molecule has 102 valence electrons. The van der Waals surface area contributed by atoms with Crippen LogP contribution in [0, 0.1) is 6.92 Å². The molecule has 1 aromatic carbocycles. The molecule has 0 amide bonds. The smallest absolute Gasteiger partial charge is 0.122 e. The van der Waals surface area contributed by atoms with Crippen molar-refractivity contribution >= 4 is 22.9 Å². The molecule has 0 aliphatic carbocycles. The molecule has 1 unspecified atom stereocenters. The zero-order valence-corrected chi connectivity index (χ0v) is 12.6. The van der Waals surface area contributed by atoms with Gasteiger partial charge < -0.3 is 10.5 Å². The van der Waals surface area contributed by atoms with E-state index >= 15 is 0 Å². The molecule has 19 heavy (non-hydrogen) atoms. The summed E-state index contributed by atoms with van der Waals surface area (Å²) in [6.07, 6.45) is 0.791. The number of nitrogens with two attached hydrogens (primary N) is 1. The molecule has 1 heterocycles. The molecule has 0 saturated carbocycles. The minimum Gasteiger partial charge on any atom is -0.493 e. The van der Waals surface area contributed by atoms with Gasteiger partial charge in [0.2, 0.25) is 0 Å². The van der Waals surface area contributed by atoms with Crippen LogP contribution in [-0.2, 0) is 6.42 Å². The summed E-state index contributed by atoms with van der Waals surface area (Å²) in [5.41, 5.74) is 7.77. The fourth-order valence-electron chi connectivity index (χ4n) is 1.67. The maximum absolute atomic E-state index is 5.90. The van der Waals surface area contributed by atoms with E-state index < -0.39 is 0 Å². The molecule has 2 N–H and O–H groups in total. The Morgan fingerprint density at radius 1 is 1.47 bits per heavy atom. The minimum absolute atomic E-state index is 0.00979. The van der Waals surface area contributed by atoms with Crippen molar-refractivity contribution < 1.29 is 4.74 Å². The third-order valence-corrected chi connectivity index (χ3v) is 3.91. The van der Waals surface area contributed by atoms with Crippen molar-refractivity contribution in [3.63, 3.8) is 0 Å². The van der Waals surface area contributed by atoms with Crippen LogP contribution in [0.25, 0.3) is 0 Å². The standard InChI is InChI=1S/C14H17ClN2OS/c1-9-7-11(15)3-4-13(9)18-6-5-14-17-12(8-19-14)10(2)16/h3-4,7-8,10H,5-6,16H2,1-2H3. The third-order valence-electron chi connectivity index (χ3n) is 2.75. The molecule has 2 aromatic rings. The van der Waals surface area contributed by atoms with E-state index in [1.807, 2.05) is 37.4 Å². The monoisotopic (exact) mass is 296 g/mol. The lowest BCUT2D eigenvalue weighted by Crippen LogP contribution is -2.06. The van der Waals surface area contributed by atoms with E-state index in [1.165, 1.54) is 0 Å². The van der Waals surface area contributed by atoms with Crippen LogP contribution in [-0.4, -0.2) is 11.6 Å². The molecule has 0 spiro atoms. The summed E-state index contributed by atoms with van der Waals surface area (Å²) in [6.45, 7) is 4.53. The molecular weight excluding hydrogens is 280 g/mol. The largest absolute Gasteiger partial charge is 0.493 e. The topological polar surface area (TPSA) is 48.1 Å². The molecule has 0 aliphatic heterocycles. The van der Waals surface area contributed by atoms with Crippen LogP contribution in [0.4, 0.5) is 0 Å². The van der Waals surface area contributed by atoms with E-state index in [0.29, 0.717) is 6.61 Å². The minimum atomic E-state index is -0.00979. The van der Waals surface area contributed by atoms with Crippen molar-refractivity contribution in [2.24, 2.45) is 5.73 Å². The summed E-state index contributed by atoms with van der Waals surface area (Å²) in [6, 6.07) is 5.62. The number of ether oxygens (including phenoxy) is 1. The lowest BCUT2D eigenvalue weighted by molar-refractivity contribution is 0.319. The lowest BCUT2D eigenvalue weighted by Gasteiger charge is -2.08. The number of rotatable bonds is 5. The highest BCUT2D eigenvalue weighted by Gasteiger charge is 2.06. The zero-order valence-electron chi connectivity index (χ0n) is 11.0. The van der Waals surface area contributed by atoms with E-state index in [1.54, 1.807) is 11.3 Å². The number of hydrogen-bond donors (Lipinski definition) is 1. The Labute approximate surface area is 122 Å². The normalized spacial score (nSPS) is 12.4. The highest BCUT2D eigenvalue weighted by Crippen LogP contribution is 2.22. The van der Waals surface area contributed by atoms with Crippen LogP contribution >= 0.6 is 22.9 Å². The van der Waals surface area contributed by atoms with Gasteiger partial charge in [0.25, 0.3) is 0 Å². The molecule has 1 aromatic heterocycles. The van der Waals surface area contributed by atoms with Gasteiger partial charge in [0.15, 0.2) is 0 Å². The van der Waals surface area contributed by atoms with Gasteiger partial charge in [-0.15, -0.1) is 11.3 Å². The molecule has 0 saturated heterocycles. The zero-order chi connectivity index (χ0) is 13.8. The van der Waals surface area contributed by atoms with Crippen molar-refractivity contribution in [2.75, 3.05) is 6.61 Å². The van der Waals surface area contributed by atoms with Gasteiger partial charge in [-0.05, 0) is 37.6 Å². The van der Waals surface area contributed by atoms with Gasteiger partial charge in [-0.1, -0.05) is 11.6 Å². The summed E-state index contributed by atoms with van der Waals surface area (Å²) in [4.78, 5) is 4.47. The van der Waals surface area contributed by atoms with Crippen molar-refractivity contribution in [2.45, 2.75) is 26.3 Å². The maximum Gasteiger partial charge on any atom is 0.122 e. The second kappa shape index (κ2) is 6.37. The second-order valence-electron chi connectivity index (χ2n) is 4.46. The summed E-state index contributed by atoms with van der Waals surface area (Å²) in [5.74, 6) is 0.869. The molecular formula is C14H17ClN2OS. The molecule has 3 nitrogen and oxygen atoms in total. The summed E-state index contributed by atoms with van der Waals surface area (Å²) in [5, 5.41) is 3.79. The number of nitrogens with zero attached hydrogens (tertiary/aromatic N) is 1. The van der Waals surface area contributed by atoms with Gasteiger partial charge in [0, 0.05) is 22.9 Å². The summed E-state index contributed by atoms with van der Waals surface area (Å²) < 4.78 is 5.74. The Morgan fingerprint density at radius 2 is 2.26 bits per heavy atom. The van der Waals surface area contributed by atoms with Gasteiger partial charge in [-0.3, -0.25) is 0 Å². The molecule has 0 aliphatic rings. The number of aromatic nitrogens is 1. The average Bonchev–Trinajstić information content (AvgIpc) is 2.81. The van der Waals surface area contributed by atoms with Crippen molar-refractivity contribution in [3.05, 3.63) is 44.9 Å². The molecule has 1 atom stereocenters. The first-order valence-electron chi connectivity index (χ1n) is 6.15. The van der Waals surface area contributed by atoms with Crippen molar-refractivity contribution in [1.82, 2.24) is 4.98 Å². The third kappa shape index (κ3) is 3.93. The fourth-order valence-corrected chi connectivity index (χ4v) is 2.78. The number of aryl methyl sites for hydroxylation is 1. The van der Waals surface area contributed by atoms with Gasteiger partial charge >= 0.3 is 0 Å². The van der Waals surface area contributed by atoms with E-state index in [9.17, 15) is 0 Å². The fraction of sp³-hybridized carbons (Fsp3) is 0.357. The SMILES string of the molecule is Cc1cc(Cl)ccc1OCCc1nc(C(C)N)cs1. The second-order valence-corrected chi connectivity index (χ2v) is 5.84. The van der Waals surface area contributed by atoms with Crippen LogP contribution in [0.5, 0.6) is 5.75 Å². The predicted molar refractivity (Wildman–Crippen MR) is 80.1 cm³/mol. The number of halogens is 1. The summed E-state index contributed by atoms with van der Waals surface area (Å²) in [7, 11) is 0. The predicted octanol–water partition coefficient (Wildman–Crippen LogP) is 3.75. The Balaban J connectivity index is 1.89. The molecule has 0 bridgehead atoms. The van der Waals surface area contributed by atoms with Gasteiger partial charge in [-0.2, -0.15) is 0 Å². The van der Waals surface area contributed by atoms with Crippen molar-refractivity contribution in [1.29, 1.82) is 0 Å². The first kappa shape index (κ1) is 14.3. The van der Waals surface area contributed by atoms with Crippen LogP contribution in [0.2, 0.25) is 5.02 Å². The Bertz CT molecular complexity index is 554. The van der Waals surface area contributed by atoms with Crippen LogP contribution < -0.4 is 10.5 Å². The Morgan fingerprint density at radius 3 is 2.89 bits per heavy atom. The van der Waals surface area contributed by atoms with E-state index in [2.05, 4.69) is 4.98 Å². The van der Waals surface area contributed by atoms with Crippen molar-refractivity contribution in [3.8, 4) is 5.75 Å². The maximum atomic E-state index is 5.90. The highest BCUT2D eigenvalue weighted by molar-refractivity contribution is 7.09. The van der Waals surface area contributed by atoms with Gasteiger partial charge in [-0.25, -0.2) is 4.98 Å². The number of hydrogen-bond acceptors (Lipinski definition) is 4. The number of benzene rings is 1. The first-order chi connectivity index (χ1) is 9.06. The summed E-state index contributed by atoms with van der Waals surface area (Å²) >= 11 is 7.53.